The summed E-state index contributed by atoms with van der Waals surface area (Å²) < 4.78 is 10.7. The van der Waals surface area contributed by atoms with Crippen molar-refractivity contribution in [1.29, 1.82) is 0 Å². The number of carbonyl (C=O) groups excluding carboxylic acids is 2. The average molecular weight is 318 g/mol. The third-order valence-corrected chi connectivity index (χ3v) is 3.70. The predicted molar refractivity (Wildman–Crippen MR) is 86.4 cm³/mol. The van der Waals surface area contributed by atoms with Crippen molar-refractivity contribution >= 4 is 11.8 Å². The molecule has 1 fully saturated rings. The Labute approximate surface area is 136 Å². The largest absolute Gasteiger partial charge is 0.497 e. The Morgan fingerprint density at radius 3 is 2.74 bits per heavy atom. The fourth-order valence-corrected chi connectivity index (χ4v) is 2.43. The minimum Gasteiger partial charge on any atom is -0.497 e. The first-order valence-corrected chi connectivity index (χ1v) is 7.57. The molecule has 6 nitrogen and oxygen atoms in total. The van der Waals surface area contributed by atoms with Crippen LogP contribution >= 0.6 is 0 Å². The van der Waals surface area contributed by atoms with E-state index >= 15 is 0 Å². The van der Waals surface area contributed by atoms with Crippen molar-refractivity contribution in [3.63, 3.8) is 0 Å². The van der Waals surface area contributed by atoms with E-state index in [1.54, 1.807) is 18.1 Å². The molecule has 1 atom stereocenters. The lowest BCUT2D eigenvalue weighted by Crippen LogP contribution is -2.34. The molecule has 1 aliphatic heterocycles. The number of hydrogen-bond donors (Lipinski definition) is 1. The van der Waals surface area contributed by atoms with Crippen LogP contribution in [0.1, 0.15) is 6.42 Å². The molecule has 23 heavy (non-hydrogen) atoms. The maximum absolute atomic E-state index is 11.9. The molecule has 1 aliphatic rings. The molecule has 1 unspecified atom stereocenters. The second-order valence-electron chi connectivity index (χ2n) is 5.30. The van der Waals surface area contributed by atoms with Crippen molar-refractivity contribution in [1.82, 2.24) is 10.2 Å². The van der Waals surface area contributed by atoms with E-state index < -0.39 is 0 Å². The normalized spacial score (nSPS) is 17.0. The summed E-state index contributed by atoms with van der Waals surface area (Å²) in [7, 11) is 1.61. The van der Waals surface area contributed by atoms with Crippen LogP contribution in [0, 0.1) is 5.92 Å². The van der Waals surface area contributed by atoms with E-state index in [4.69, 9.17) is 9.47 Å². The Kier molecular flexibility index (Phi) is 6.02. The van der Waals surface area contributed by atoms with Crippen molar-refractivity contribution in [3.05, 3.63) is 36.9 Å². The Balaban J connectivity index is 1.76. The lowest BCUT2D eigenvalue weighted by molar-refractivity contribution is -0.129. The summed E-state index contributed by atoms with van der Waals surface area (Å²) in [6.07, 6.45) is 1.88. The Morgan fingerprint density at radius 2 is 2.09 bits per heavy atom. The number of hydrogen-bond acceptors (Lipinski definition) is 4. The molecule has 0 aromatic heterocycles. The summed E-state index contributed by atoms with van der Waals surface area (Å²) in [5, 5.41) is 2.73. The molecule has 0 bridgehead atoms. The summed E-state index contributed by atoms with van der Waals surface area (Å²) in [6, 6.07) is 7.26. The molecule has 0 aliphatic carbocycles. The van der Waals surface area contributed by atoms with Crippen molar-refractivity contribution in [2.24, 2.45) is 5.92 Å². The first-order valence-electron chi connectivity index (χ1n) is 7.57. The first-order chi connectivity index (χ1) is 11.1. The van der Waals surface area contributed by atoms with E-state index in [-0.39, 0.29) is 24.2 Å². The monoisotopic (exact) mass is 318 g/mol. The minimum atomic E-state index is -0.288. The van der Waals surface area contributed by atoms with Crippen LogP contribution in [0.5, 0.6) is 11.5 Å². The quantitative estimate of drug-likeness (QED) is 0.732. The highest BCUT2D eigenvalue weighted by atomic mass is 16.5. The highest BCUT2D eigenvalue weighted by Crippen LogP contribution is 2.19. The molecule has 1 N–H and O–H groups in total. The lowest BCUT2D eigenvalue weighted by Gasteiger charge is -2.17. The van der Waals surface area contributed by atoms with Gasteiger partial charge in [0.1, 0.15) is 18.1 Å². The van der Waals surface area contributed by atoms with Crippen LogP contribution in [0.15, 0.2) is 36.9 Å². The van der Waals surface area contributed by atoms with Crippen LogP contribution in [0.3, 0.4) is 0 Å². The predicted octanol–water partition coefficient (Wildman–Crippen LogP) is 1.22. The number of methoxy groups -OCH3 is 1. The zero-order chi connectivity index (χ0) is 16.7. The van der Waals surface area contributed by atoms with E-state index in [9.17, 15) is 9.59 Å². The van der Waals surface area contributed by atoms with Crippen molar-refractivity contribution in [2.75, 3.05) is 33.4 Å². The van der Waals surface area contributed by atoms with Crippen LogP contribution in [0.4, 0.5) is 0 Å². The minimum absolute atomic E-state index is 0.0120. The summed E-state index contributed by atoms with van der Waals surface area (Å²) in [5.41, 5.74) is 0. The number of rotatable bonds is 8. The van der Waals surface area contributed by atoms with Crippen molar-refractivity contribution < 1.29 is 19.1 Å². The number of ether oxygens (including phenoxy) is 2. The van der Waals surface area contributed by atoms with Gasteiger partial charge in [0.2, 0.25) is 11.8 Å². The molecule has 0 spiro atoms. The van der Waals surface area contributed by atoms with E-state index in [0.29, 0.717) is 26.2 Å². The van der Waals surface area contributed by atoms with Gasteiger partial charge in [0, 0.05) is 19.5 Å². The molecule has 124 valence electrons. The van der Waals surface area contributed by atoms with Gasteiger partial charge in [-0.1, -0.05) is 6.08 Å². The zero-order valence-corrected chi connectivity index (χ0v) is 13.3. The molecule has 0 radical (unpaired) electrons. The van der Waals surface area contributed by atoms with Gasteiger partial charge in [0.05, 0.1) is 19.6 Å². The number of nitrogens with zero attached hydrogens (tertiary/aromatic N) is 1. The third kappa shape index (κ3) is 4.74. The smallest absolute Gasteiger partial charge is 0.225 e. The maximum Gasteiger partial charge on any atom is 0.225 e. The van der Waals surface area contributed by atoms with E-state index in [2.05, 4.69) is 11.9 Å². The molecule has 2 amide bonds. The molecule has 1 aromatic carbocycles. The maximum atomic E-state index is 11.9. The fraction of sp³-hybridized carbons (Fsp3) is 0.412. The van der Waals surface area contributed by atoms with Gasteiger partial charge in [-0.3, -0.25) is 9.59 Å². The van der Waals surface area contributed by atoms with Gasteiger partial charge in [-0.2, -0.15) is 0 Å². The second-order valence-corrected chi connectivity index (χ2v) is 5.30. The lowest BCUT2D eigenvalue weighted by atomic mass is 10.1. The molecule has 1 heterocycles. The standard InChI is InChI=1S/C17H22N2O4/c1-3-8-18-17(21)13-11-16(20)19(12-13)9-10-23-15-6-4-14(22-2)5-7-15/h3-7,13H,1,8-12H2,2H3,(H,18,21). The van der Waals surface area contributed by atoms with Crippen LogP contribution in [0.2, 0.25) is 0 Å². The van der Waals surface area contributed by atoms with E-state index in [0.717, 1.165) is 11.5 Å². The molecular formula is C17H22N2O4. The number of carbonyl (C=O) groups is 2. The third-order valence-electron chi connectivity index (χ3n) is 3.70. The number of likely N-dealkylation sites (tertiary alicyclic amines) is 1. The fourth-order valence-electron chi connectivity index (χ4n) is 2.43. The molecule has 1 aromatic rings. The van der Waals surface area contributed by atoms with Gasteiger partial charge in [0.15, 0.2) is 0 Å². The molecule has 6 heteroatoms. The SMILES string of the molecule is C=CCNC(=O)C1CC(=O)N(CCOc2ccc(OC)cc2)C1. The first kappa shape index (κ1) is 16.9. The second kappa shape index (κ2) is 8.22. The Hall–Kier alpha value is -2.50. The van der Waals surface area contributed by atoms with Crippen LogP contribution in [0.25, 0.3) is 0 Å². The van der Waals surface area contributed by atoms with Crippen LogP contribution in [-0.4, -0.2) is 50.1 Å². The van der Waals surface area contributed by atoms with Gasteiger partial charge in [-0.05, 0) is 24.3 Å². The van der Waals surface area contributed by atoms with Gasteiger partial charge in [0.25, 0.3) is 0 Å². The topological polar surface area (TPSA) is 67.9 Å². The summed E-state index contributed by atoms with van der Waals surface area (Å²) in [5.74, 6) is 1.08. The van der Waals surface area contributed by atoms with E-state index in [1.165, 1.54) is 0 Å². The molecule has 0 saturated carbocycles. The molecule has 1 saturated heterocycles. The zero-order valence-electron chi connectivity index (χ0n) is 13.3. The van der Waals surface area contributed by atoms with Gasteiger partial charge < -0.3 is 19.7 Å². The average Bonchev–Trinajstić information content (AvgIpc) is 2.94. The van der Waals surface area contributed by atoms with Crippen LogP contribution < -0.4 is 14.8 Å². The van der Waals surface area contributed by atoms with Crippen molar-refractivity contribution in [2.45, 2.75) is 6.42 Å². The number of amides is 2. The molecule has 2 rings (SSSR count). The molecular weight excluding hydrogens is 296 g/mol. The summed E-state index contributed by atoms with van der Waals surface area (Å²) in [6.45, 7) is 5.27. The number of benzene rings is 1. The van der Waals surface area contributed by atoms with Gasteiger partial charge in [-0.15, -0.1) is 6.58 Å². The number of nitrogens with one attached hydrogen (secondary N) is 1. The van der Waals surface area contributed by atoms with Gasteiger partial charge >= 0.3 is 0 Å². The Morgan fingerprint density at radius 1 is 1.39 bits per heavy atom. The highest BCUT2D eigenvalue weighted by molar-refractivity contribution is 5.89. The Bertz CT molecular complexity index is 556. The van der Waals surface area contributed by atoms with Crippen LogP contribution in [-0.2, 0) is 9.59 Å². The summed E-state index contributed by atoms with van der Waals surface area (Å²) >= 11 is 0. The van der Waals surface area contributed by atoms with E-state index in [1.807, 2.05) is 24.3 Å². The highest BCUT2D eigenvalue weighted by Gasteiger charge is 2.33. The van der Waals surface area contributed by atoms with Crippen molar-refractivity contribution in [3.8, 4) is 11.5 Å². The van der Waals surface area contributed by atoms with Gasteiger partial charge in [-0.25, -0.2) is 0 Å². The summed E-state index contributed by atoms with van der Waals surface area (Å²) in [4.78, 5) is 25.5.